The van der Waals surface area contributed by atoms with Gasteiger partial charge >= 0.3 is 0 Å². The highest BCUT2D eigenvalue weighted by Gasteiger charge is 2.23. The quantitative estimate of drug-likeness (QED) is 0.218. The summed E-state index contributed by atoms with van der Waals surface area (Å²) in [6.07, 6.45) is 3.36. The van der Waals surface area contributed by atoms with Crippen molar-refractivity contribution in [3.8, 4) is 17.1 Å². The van der Waals surface area contributed by atoms with E-state index in [0.717, 1.165) is 20.3 Å². The number of hydrogen-bond acceptors (Lipinski definition) is 9. The fraction of sp³-hybridized carbons (Fsp3) is 0.0870. The second kappa shape index (κ2) is 10.3. The van der Waals surface area contributed by atoms with Crippen molar-refractivity contribution in [3.05, 3.63) is 86.7 Å². The lowest BCUT2D eigenvalue weighted by Crippen LogP contribution is -2.22. The lowest BCUT2D eigenvalue weighted by atomic mass is 10.1. The Morgan fingerprint density at radius 1 is 1.19 bits per heavy atom. The van der Waals surface area contributed by atoms with Crippen LogP contribution in [0.5, 0.6) is 0 Å². The molecule has 3 aromatic heterocycles. The Bertz CT molecular complexity index is 1590. The monoisotopic (exact) mass is 580 g/mol. The van der Waals surface area contributed by atoms with Crippen molar-refractivity contribution in [3.63, 3.8) is 0 Å². The molecule has 12 nitrogen and oxygen atoms in total. The Balaban J connectivity index is 1.41. The summed E-state index contributed by atoms with van der Waals surface area (Å²) < 4.78 is 8.54. The van der Waals surface area contributed by atoms with E-state index in [4.69, 9.17) is 22.4 Å². The molecule has 2 aromatic carbocycles. The number of hydrazone groups is 1. The maximum Gasteiger partial charge on any atom is 0.292 e. The molecule has 3 heterocycles. The summed E-state index contributed by atoms with van der Waals surface area (Å²) in [4.78, 5) is 12.9. The van der Waals surface area contributed by atoms with Crippen molar-refractivity contribution in [1.29, 1.82) is 0 Å². The first kappa shape index (κ1) is 24.3. The van der Waals surface area contributed by atoms with Gasteiger partial charge in [0.15, 0.2) is 5.69 Å². The van der Waals surface area contributed by atoms with Gasteiger partial charge in [0, 0.05) is 26.8 Å². The van der Waals surface area contributed by atoms with Gasteiger partial charge in [0.1, 0.15) is 5.69 Å². The second-order valence-corrected chi connectivity index (χ2v) is 9.22. The molecule has 1 amide bonds. The molecule has 0 aliphatic heterocycles. The fourth-order valence-electron chi connectivity index (χ4n) is 3.54. The van der Waals surface area contributed by atoms with Crippen LogP contribution in [0, 0.1) is 6.92 Å². The topological polar surface area (TPSA) is 155 Å². The number of aromatic nitrogens is 7. The van der Waals surface area contributed by atoms with Gasteiger partial charge in [0.25, 0.3) is 5.91 Å². The fourth-order valence-corrected chi connectivity index (χ4v) is 3.93. The Morgan fingerprint density at radius 2 is 1.95 bits per heavy atom. The molecule has 0 saturated heterocycles. The number of nitrogen functional groups attached to an aromatic ring is 1. The number of rotatable bonds is 7. The highest BCUT2D eigenvalue weighted by molar-refractivity contribution is 9.10. The Hall–Kier alpha value is -4.36. The number of anilines is 1. The molecule has 0 radical (unpaired) electrons. The third kappa shape index (κ3) is 5.27. The molecule has 3 N–H and O–H groups in total. The average molecular weight is 582 g/mol. The Labute approximate surface area is 223 Å². The van der Waals surface area contributed by atoms with Gasteiger partial charge < -0.3 is 5.73 Å². The predicted octanol–water partition coefficient (Wildman–Crippen LogP) is 3.63. The van der Waals surface area contributed by atoms with Crippen molar-refractivity contribution < 1.29 is 9.42 Å². The van der Waals surface area contributed by atoms with Gasteiger partial charge in [-0.3, -0.25) is 9.48 Å². The van der Waals surface area contributed by atoms with Crippen LogP contribution < -0.4 is 11.2 Å². The van der Waals surface area contributed by atoms with Crippen LogP contribution in [0.1, 0.15) is 27.3 Å². The maximum atomic E-state index is 12.9. The van der Waals surface area contributed by atoms with Gasteiger partial charge in [-0.1, -0.05) is 57.0 Å². The number of nitrogens with zero attached hydrogens (tertiary/aromatic N) is 8. The summed E-state index contributed by atoms with van der Waals surface area (Å²) >= 11 is 9.52. The second-order valence-electron chi connectivity index (χ2n) is 7.87. The number of aryl methyl sites for hydroxylation is 1. The first-order valence-electron chi connectivity index (χ1n) is 10.8. The van der Waals surface area contributed by atoms with Crippen molar-refractivity contribution >= 4 is 45.5 Å². The molecule has 0 bridgehead atoms. The number of halogens is 2. The van der Waals surface area contributed by atoms with E-state index < -0.39 is 5.91 Å². The predicted molar refractivity (Wildman–Crippen MR) is 139 cm³/mol. The van der Waals surface area contributed by atoms with Crippen molar-refractivity contribution in [1.82, 2.24) is 40.5 Å². The molecule has 37 heavy (non-hydrogen) atoms. The lowest BCUT2D eigenvalue weighted by molar-refractivity contribution is 0.0946. The SMILES string of the molecule is Cc1nnn(-c2nonc2N)c1C(=O)N/N=C/c1cn(Cc2ccc(Br)cc2)nc1-c1ccc(Cl)cc1. The van der Waals surface area contributed by atoms with Crippen LogP contribution in [0.2, 0.25) is 5.02 Å². The van der Waals surface area contributed by atoms with Gasteiger partial charge in [0.05, 0.1) is 18.5 Å². The molecular weight excluding hydrogens is 564 g/mol. The zero-order chi connectivity index (χ0) is 25.9. The first-order chi connectivity index (χ1) is 17.9. The lowest BCUT2D eigenvalue weighted by Gasteiger charge is -2.03. The molecule has 0 saturated carbocycles. The molecule has 0 unspecified atom stereocenters. The molecule has 186 valence electrons. The summed E-state index contributed by atoms with van der Waals surface area (Å²) in [6.45, 7) is 2.17. The molecule has 0 fully saturated rings. The van der Waals surface area contributed by atoms with E-state index in [-0.39, 0.29) is 17.3 Å². The largest absolute Gasteiger partial charge is 0.378 e. The maximum absolute atomic E-state index is 12.9. The van der Waals surface area contributed by atoms with E-state index >= 15 is 0 Å². The van der Waals surface area contributed by atoms with Crippen LogP contribution in [0.4, 0.5) is 5.82 Å². The summed E-state index contributed by atoms with van der Waals surface area (Å²) in [5, 5.41) is 24.5. The van der Waals surface area contributed by atoms with Gasteiger partial charge in [-0.2, -0.15) is 14.9 Å². The highest BCUT2D eigenvalue weighted by atomic mass is 79.9. The smallest absolute Gasteiger partial charge is 0.292 e. The van der Waals surface area contributed by atoms with Crippen LogP contribution in [0.3, 0.4) is 0 Å². The molecule has 0 spiro atoms. The van der Waals surface area contributed by atoms with Gasteiger partial charge in [-0.15, -0.1) is 5.10 Å². The normalized spacial score (nSPS) is 11.3. The van der Waals surface area contributed by atoms with Crippen molar-refractivity contribution in [2.75, 3.05) is 5.73 Å². The number of nitrogens with two attached hydrogens (primary N) is 1. The Morgan fingerprint density at radius 3 is 2.65 bits per heavy atom. The van der Waals surface area contributed by atoms with E-state index in [1.54, 1.807) is 23.7 Å². The van der Waals surface area contributed by atoms with E-state index in [1.807, 2.05) is 42.6 Å². The van der Waals surface area contributed by atoms with Crippen molar-refractivity contribution in [2.24, 2.45) is 5.10 Å². The number of nitrogens with one attached hydrogen (secondary N) is 1. The summed E-state index contributed by atoms with van der Waals surface area (Å²) in [6, 6.07) is 15.3. The number of carbonyl (C=O) groups is 1. The molecule has 5 rings (SSSR count). The molecule has 0 aliphatic rings. The highest BCUT2D eigenvalue weighted by Crippen LogP contribution is 2.24. The van der Waals surface area contributed by atoms with Gasteiger partial charge in [-0.05, 0) is 47.1 Å². The van der Waals surface area contributed by atoms with Gasteiger partial charge in [0.2, 0.25) is 11.6 Å². The van der Waals surface area contributed by atoms with Crippen LogP contribution in [-0.4, -0.2) is 47.2 Å². The number of carbonyl (C=O) groups excluding carboxylic acids is 1. The van der Waals surface area contributed by atoms with Crippen molar-refractivity contribution in [2.45, 2.75) is 13.5 Å². The molecule has 0 aliphatic carbocycles. The minimum atomic E-state index is -0.573. The minimum absolute atomic E-state index is 0.0340. The summed E-state index contributed by atoms with van der Waals surface area (Å²) in [5.41, 5.74) is 11.9. The van der Waals surface area contributed by atoms with Crippen LogP contribution >= 0.6 is 27.5 Å². The van der Waals surface area contributed by atoms with Crippen LogP contribution in [0.15, 0.2) is 68.9 Å². The third-order valence-corrected chi connectivity index (χ3v) is 6.07. The van der Waals surface area contributed by atoms with E-state index in [0.29, 0.717) is 28.5 Å². The van der Waals surface area contributed by atoms with E-state index in [2.05, 4.69) is 51.7 Å². The van der Waals surface area contributed by atoms with Crippen LogP contribution in [-0.2, 0) is 6.54 Å². The number of amides is 1. The molecule has 14 heteroatoms. The third-order valence-electron chi connectivity index (χ3n) is 5.29. The number of benzene rings is 2. The van der Waals surface area contributed by atoms with Gasteiger partial charge in [-0.25, -0.2) is 10.1 Å². The van der Waals surface area contributed by atoms with Crippen LogP contribution in [0.25, 0.3) is 17.1 Å². The first-order valence-corrected chi connectivity index (χ1v) is 12.0. The average Bonchev–Trinajstić information content (AvgIpc) is 3.59. The zero-order valence-corrected chi connectivity index (χ0v) is 21.6. The zero-order valence-electron chi connectivity index (χ0n) is 19.2. The molecule has 5 aromatic rings. The molecule has 0 atom stereocenters. The summed E-state index contributed by atoms with van der Waals surface area (Å²) in [7, 11) is 0. The standard InChI is InChI=1S/C23H18BrClN10O2/c1-13-20(35(33-28-13)22-21(26)31-37-32-22)23(36)29-27-10-16-12-34(11-14-2-6-17(24)7-3-14)30-19(16)15-4-8-18(25)9-5-15/h2-10,12H,11H2,1H3,(H2,26,31)(H,29,36)/b27-10+. The summed E-state index contributed by atoms with van der Waals surface area (Å²) in [5.74, 6) is -0.557. The molecular formula is C23H18BrClN10O2. The number of hydrogen-bond donors (Lipinski definition) is 2. The van der Waals surface area contributed by atoms with E-state index in [1.165, 1.54) is 6.21 Å². The Kier molecular flexibility index (Phi) is 6.79. The van der Waals surface area contributed by atoms with E-state index in [9.17, 15) is 4.79 Å². The minimum Gasteiger partial charge on any atom is -0.378 e.